The third-order valence-corrected chi connectivity index (χ3v) is 4.33. The average molecular weight is 320 g/mol. The second-order valence-electron chi connectivity index (χ2n) is 5.09. The molecule has 1 aliphatic rings. The van der Waals surface area contributed by atoms with Crippen molar-refractivity contribution in [1.29, 1.82) is 0 Å². The van der Waals surface area contributed by atoms with Crippen molar-refractivity contribution in [2.24, 2.45) is 0 Å². The Morgan fingerprint density at radius 2 is 2.05 bits per heavy atom. The van der Waals surface area contributed by atoms with Crippen molar-refractivity contribution in [3.05, 3.63) is 40.4 Å². The first-order valence-corrected chi connectivity index (χ1v) is 7.58. The summed E-state index contributed by atoms with van der Waals surface area (Å²) in [6, 6.07) is 11.2. The molecule has 2 aromatic carbocycles. The number of hydrogen-bond acceptors (Lipinski definition) is 2. The van der Waals surface area contributed by atoms with Crippen LogP contribution in [0.15, 0.2) is 34.8 Å². The average Bonchev–Trinajstić information content (AvgIpc) is 2.46. The smallest absolute Gasteiger partial charge is 0.124 e. The molecule has 0 aromatic heterocycles. The van der Waals surface area contributed by atoms with E-state index >= 15 is 0 Å². The molecule has 100 valence electrons. The summed E-state index contributed by atoms with van der Waals surface area (Å²) < 4.78 is 6.70. The summed E-state index contributed by atoms with van der Waals surface area (Å²) in [4.78, 5) is 0. The highest BCUT2D eigenvalue weighted by Crippen LogP contribution is 2.34. The highest BCUT2D eigenvalue weighted by molar-refractivity contribution is 9.10. The largest absolute Gasteiger partial charge is 0.496 e. The molecule has 0 amide bonds. The number of piperidine rings is 1. The lowest BCUT2D eigenvalue weighted by Crippen LogP contribution is -2.27. The van der Waals surface area contributed by atoms with Gasteiger partial charge in [-0.3, -0.25) is 0 Å². The van der Waals surface area contributed by atoms with Crippen molar-refractivity contribution < 1.29 is 4.74 Å². The molecule has 19 heavy (non-hydrogen) atoms. The normalized spacial score (nSPS) is 19.6. The minimum atomic E-state index is 0.423. The van der Waals surface area contributed by atoms with Gasteiger partial charge in [0.05, 0.1) is 7.11 Å². The first-order valence-electron chi connectivity index (χ1n) is 6.78. The van der Waals surface area contributed by atoms with Gasteiger partial charge in [-0.05, 0) is 54.4 Å². The van der Waals surface area contributed by atoms with E-state index in [0.29, 0.717) is 6.04 Å². The number of hydrogen-bond donors (Lipinski definition) is 1. The monoisotopic (exact) mass is 319 g/mol. The Hall–Kier alpha value is -1.06. The van der Waals surface area contributed by atoms with Gasteiger partial charge in [-0.25, -0.2) is 0 Å². The van der Waals surface area contributed by atoms with Crippen molar-refractivity contribution in [1.82, 2.24) is 5.32 Å². The molecule has 1 atom stereocenters. The number of ether oxygens (including phenoxy) is 1. The van der Waals surface area contributed by atoms with Gasteiger partial charge in [0.2, 0.25) is 0 Å². The molecule has 0 spiro atoms. The maximum Gasteiger partial charge on any atom is 0.124 e. The van der Waals surface area contributed by atoms with E-state index in [-0.39, 0.29) is 0 Å². The lowest BCUT2D eigenvalue weighted by molar-refractivity contribution is 0.374. The van der Waals surface area contributed by atoms with Crippen molar-refractivity contribution >= 4 is 26.7 Å². The highest BCUT2D eigenvalue weighted by atomic mass is 79.9. The van der Waals surface area contributed by atoms with Crippen LogP contribution in [0.1, 0.15) is 30.9 Å². The van der Waals surface area contributed by atoms with E-state index in [1.807, 2.05) is 0 Å². The van der Waals surface area contributed by atoms with Gasteiger partial charge in [-0.2, -0.15) is 0 Å². The van der Waals surface area contributed by atoms with Gasteiger partial charge in [-0.1, -0.05) is 28.4 Å². The van der Waals surface area contributed by atoms with Gasteiger partial charge in [0.1, 0.15) is 5.75 Å². The SMILES string of the molecule is COc1cc2ccc(Br)cc2cc1C1CCCCN1. The molecule has 1 unspecified atom stereocenters. The van der Waals surface area contributed by atoms with Crippen molar-refractivity contribution in [2.45, 2.75) is 25.3 Å². The van der Waals surface area contributed by atoms with Crippen LogP contribution in [0, 0.1) is 0 Å². The molecular weight excluding hydrogens is 302 g/mol. The third kappa shape index (κ3) is 2.63. The Kier molecular flexibility index (Phi) is 3.76. The summed E-state index contributed by atoms with van der Waals surface area (Å²) in [5.41, 5.74) is 1.28. The molecule has 1 heterocycles. The Labute approximate surface area is 122 Å². The minimum absolute atomic E-state index is 0.423. The molecule has 0 bridgehead atoms. The predicted molar refractivity (Wildman–Crippen MR) is 82.8 cm³/mol. The number of rotatable bonds is 2. The fraction of sp³-hybridized carbons (Fsp3) is 0.375. The Morgan fingerprint density at radius 3 is 2.79 bits per heavy atom. The Morgan fingerprint density at radius 1 is 1.16 bits per heavy atom. The zero-order valence-electron chi connectivity index (χ0n) is 11.1. The molecular formula is C16H18BrNO. The van der Waals surface area contributed by atoms with Crippen molar-refractivity contribution in [3.8, 4) is 5.75 Å². The van der Waals surface area contributed by atoms with Crippen LogP contribution in [0.2, 0.25) is 0 Å². The van der Waals surface area contributed by atoms with Crippen LogP contribution in [0.5, 0.6) is 5.75 Å². The van der Waals surface area contributed by atoms with Gasteiger partial charge in [0, 0.05) is 16.1 Å². The lowest BCUT2D eigenvalue weighted by atomic mass is 9.94. The van der Waals surface area contributed by atoms with Crippen LogP contribution < -0.4 is 10.1 Å². The fourth-order valence-corrected chi connectivity index (χ4v) is 3.21. The van der Waals surface area contributed by atoms with Crippen LogP contribution in [0.4, 0.5) is 0 Å². The molecule has 3 heteroatoms. The summed E-state index contributed by atoms with van der Waals surface area (Å²) in [5, 5.41) is 6.08. The van der Waals surface area contributed by atoms with E-state index in [9.17, 15) is 0 Å². The van der Waals surface area contributed by atoms with Crippen LogP contribution in [-0.2, 0) is 0 Å². The van der Waals surface area contributed by atoms with Crippen molar-refractivity contribution in [3.63, 3.8) is 0 Å². The fourth-order valence-electron chi connectivity index (χ4n) is 2.83. The molecule has 0 radical (unpaired) electrons. The third-order valence-electron chi connectivity index (χ3n) is 3.84. The quantitative estimate of drug-likeness (QED) is 0.884. The molecule has 1 saturated heterocycles. The summed E-state index contributed by atoms with van der Waals surface area (Å²) in [6.07, 6.45) is 3.76. The van der Waals surface area contributed by atoms with E-state index in [1.54, 1.807) is 7.11 Å². The number of halogens is 1. The van der Waals surface area contributed by atoms with Crippen LogP contribution in [-0.4, -0.2) is 13.7 Å². The van der Waals surface area contributed by atoms with Gasteiger partial charge in [-0.15, -0.1) is 0 Å². The predicted octanol–water partition coefficient (Wildman–Crippen LogP) is 4.43. The topological polar surface area (TPSA) is 21.3 Å². The second kappa shape index (κ2) is 5.51. The van der Waals surface area contributed by atoms with E-state index in [0.717, 1.165) is 16.8 Å². The molecule has 3 rings (SSSR count). The molecule has 0 saturated carbocycles. The Bertz CT molecular complexity index is 591. The zero-order valence-corrected chi connectivity index (χ0v) is 12.7. The molecule has 2 nitrogen and oxygen atoms in total. The molecule has 1 N–H and O–H groups in total. The molecule has 0 aliphatic carbocycles. The maximum atomic E-state index is 5.59. The molecule has 2 aromatic rings. The van der Waals surface area contributed by atoms with E-state index in [1.165, 1.54) is 35.6 Å². The standard InChI is InChI=1S/C16H18BrNO/c1-19-16-10-11-5-6-13(17)8-12(11)9-14(16)15-4-2-3-7-18-15/h5-6,8-10,15,18H,2-4,7H2,1H3. The molecule has 1 fully saturated rings. The minimum Gasteiger partial charge on any atom is -0.496 e. The van der Waals surface area contributed by atoms with Gasteiger partial charge < -0.3 is 10.1 Å². The van der Waals surface area contributed by atoms with Gasteiger partial charge >= 0.3 is 0 Å². The summed E-state index contributed by atoms with van der Waals surface area (Å²) >= 11 is 3.54. The van der Waals surface area contributed by atoms with Gasteiger partial charge in [0.25, 0.3) is 0 Å². The van der Waals surface area contributed by atoms with Crippen LogP contribution in [0.25, 0.3) is 10.8 Å². The number of fused-ring (bicyclic) bond motifs is 1. The highest BCUT2D eigenvalue weighted by Gasteiger charge is 2.19. The van der Waals surface area contributed by atoms with Crippen LogP contribution in [0.3, 0.4) is 0 Å². The first-order chi connectivity index (χ1) is 9.28. The number of benzene rings is 2. The Balaban J connectivity index is 2.10. The van der Waals surface area contributed by atoms with E-state index < -0.39 is 0 Å². The number of nitrogens with one attached hydrogen (secondary N) is 1. The second-order valence-corrected chi connectivity index (χ2v) is 6.00. The summed E-state index contributed by atoms with van der Waals surface area (Å²) in [7, 11) is 1.76. The van der Waals surface area contributed by atoms with E-state index in [2.05, 4.69) is 51.6 Å². The zero-order chi connectivity index (χ0) is 13.2. The first kappa shape index (κ1) is 12.9. The summed E-state index contributed by atoms with van der Waals surface area (Å²) in [6.45, 7) is 1.10. The van der Waals surface area contributed by atoms with Crippen molar-refractivity contribution in [2.75, 3.05) is 13.7 Å². The molecule has 1 aliphatic heterocycles. The lowest BCUT2D eigenvalue weighted by Gasteiger charge is -2.25. The summed E-state index contributed by atoms with van der Waals surface area (Å²) in [5.74, 6) is 0.995. The van der Waals surface area contributed by atoms with Crippen LogP contribution >= 0.6 is 15.9 Å². The van der Waals surface area contributed by atoms with E-state index in [4.69, 9.17) is 4.74 Å². The maximum absolute atomic E-state index is 5.59. The van der Waals surface area contributed by atoms with Gasteiger partial charge in [0.15, 0.2) is 0 Å². The number of methoxy groups -OCH3 is 1.